The summed E-state index contributed by atoms with van der Waals surface area (Å²) in [4.78, 5) is 22.5. The van der Waals surface area contributed by atoms with Crippen LogP contribution in [0.25, 0.3) is 5.70 Å². The smallest absolute Gasteiger partial charge is 0.255 e. The lowest BCUT2D eigenvalue weighted by atomic mass is 10.0. The molecule has 3 aromatic rings. The molecule has 0 bridgehead atoms. The Morgan fingerprint density at radius 1 is 1.14 bits per heavy atom. The summed E-state index contributed by atoms with van der Waals surface area (Å²) in [6, 6.07) is 11.0. The molecule has 0 fully saturated rings. The largest absolute Gasteiger partial charge is 0.490 e. The van der Waals surface area contributed by atoms with Gasteiger partial charge in [0, 0.05) is 23.5 Å². The number of nitrogens with zero attached hydrogens (tertiary/aromatic N) is 1. The maximum absolute atomic E-state index is 13.6. The quantitative estimate of drug-likeness (QED) is 0.338. The Kier molecular flexibility index (Phi) is 7.98. The van der Waals surface area contributed by atoms with Gasteiger partial charge in [-0.25, -0.2) is 4.39 Å². The van der Waals surface area contributed by atoms with Crippen LogP contribution in [0, 0.1) is 5.82 Å². The second-order valence-electron chi connectivity index (χ2n) is 8.32. The van der Waals surface area contributed by atoms with Crippen LogP contribution in [-0.2, 0) is 4.84 Å². The van der Waals surface area contributed by atoms with E-state index < -0.39 is 11.5 Å². The van der Waals surface area contributed by atoms with Crippen LogP contribution in [0.3, 0.4) is 0 Å². The number of halogens is 3. The Morgan fingerprint density at radius 2 is 1.92 bits per heavy atom. The maximum atomic E-state index is 13.6. The van der Waals surface area contributed by atoms with Crippen molar-refractivity contribution in [2.75, 3.05) is 18.5 Å². The zero-order chi connectivity index (χ0) is 25.7. The number of benzene rings is 2. The van der Waals surface area contributed by atoms with Gasteiger partial charge in [0.1, 0.15) is 18.0 Å². The average Bonchev–Trinajstić information content (AvgIpc) is 3.26. The zero-order valence-electron chi connectivity index (χ0n) is 19.6. The standard InChI is InChI=1S/C26H24Cl2FN3O4/c1-3-9-34-22-8-7-17(25(33)31-24-19(27)13-30-14-20(24)28)11-23(22)35-15-26(2)12-21(32-36-26)16-5-4-6-18(29)10-16/h4-8,10-14,32H,3,9,15H2,1-2H3,(H,30,31,33). The number of nitrogens with one attached hydrogen (secondary N) is 2. The van der Waals surface area contributed by atoms with Crippen LogP contribution in [0.5, 0.6) is 11.5 Å². The number of aromatic nitrogens is 1. The third-order valence-corrected chi connectivity index (χ3v) is 5.83. The number of hydrogen-bond donors (Lipinski definition) is 2. The molecule has 4 rings (SSSR count). The van der Waals surface area contributed by atoms with Crippen molar-refractivity contribution in [3.05, 3.63) is 87.9 Å². The van der Waals surface area contributed by atoms with E-state index in [4.69, 9.17) is 37.5 Å². The molecule has 0 saturated carbocycles. The molecular formula is C26H24Cl2FN3O4. The minimum absolute atomic E-state index is 0.0917. The minimum atomic E-state index is -0.861. The van der Waals surface area contributed by atoms with Crippen LogP contribution >= 0.6 is 23.2 Å². The van der Waals surface area contributed by atoms with Gasteiger partial charge in [-0.15, -0.1) is 0 Å². The van der Waals surface area contributed by atoms with Crippen molar-refractivity contribution >= 4 is 40.5 Å². The molecule has 1 aliphatic heterocycles. The van der Waals surface area contributed by atoms with Gasteiger partial charge in [-0.3, -0.25) is 20.1 Å². The molecule has 2 N–H and O–H groups in total. The Hall–Kier alpha value is -3.33. The van der Waals surface area contributed by atoms with E-state index in [0.717, 1.165) is 6.42 Å². The topological polar surface area (TPSA) is 81.7 Å². The number of ether oxygens (including phenoxy) is 2. The summed E-state index contributed by atoms with van der Waals surface area (Å²) in [6.45, 7) is 4.38. The van der Waals surface area contributed by atoms with Crippen LogP contribution in [0.1, 0.15) is 36.2 Å². The van der Waals surface area contributed by atoms with Crippen LogP contribution in [0.4, 0.5) is 10.1 Å². The first-order valence-corrected chi connectivity index (χ1v) is 12.0. The van der Waals surface area contributed by atoms with Crippen LogP contribution < -0.4 is 20.3 Å². The predicted octanol–water partition coefficient (Wildman–Crippen LogP) is 6.28. The lowest BCUT2D eigenvalue weighted by Gasteiger charge is -2.22. The second-order valence-corrected chi connectivity index (χ2v) is 9.13. The second kappa shape index (κ2) is 11.2. The molecule has 1 aliphatic rings. The molecule has 2 aromatic carbocycles. The summed E-state index contributed by atoms with van der Waals surface area (Å²) >= 11 is 12.2. The van der Waals surface area contributed by atoms with Crippen molar-refractivity contribution in [2.24, 2.45) is 0 Å². The highest BCUT2D eigenvalue weighted by atomic mass is 35.5. The van der Waals surface area contributed by atoms with Gasteiger partial charge in [-0.05, 0) is 49.8 Å². The normalized spacial score (nSPS) is 16.8. The fourth-order valence-corrected chi connectivity index (χ4v) is 3.90. The van der Waals surface area contributed by atoms with Crippen molar-refractivity contribution in [3.8, 4) is 11.5 Å². The fourth-order valence-electron chi connectivity index (χ4n) is 3.44. The summed E-state index contributed by atoms with van der Waals surface area (Å²) < 4.78 is 25.5. The molecule has 2 heterocycles. The Morgan fingerprint density at radius 3 is 2.64 bits per heavy atom. The van der Waals surface area contributed by atoms with E-state index in [1.54, 1.807) is 30.3 Å². The number of carbonyl (C=O) groups is 1. The van der Waals surface area contributed by atoms with E-state index in [-0.39, 0.29) is 28.2 Å². The number of hydroxylamine groups is 1. The SMILES string of the molecule is CCCOc1ccc(C(=O)Nc2c(Cl)cncc2Cl)cc1OCC1(C)C=C(c2cccc(F)c2)NO1. The molecule has 188 valence electrons. The van der Waals surface area contributed by atoms with E-state index in [1.807, 2.05) is 19.9 Å². The number of rotatable bonds is 9. The van der Waals surface area contributed by atoms with Crippen molar-refractivity contribution in [1.29, 1.82) is 0 Å². The molecule has 1 unspecified atom stereocenters. The molecule has 36 heavy (non-hydrogen) atoms. The van der Waals surface area contributed by atoms with E-state index >= 15 is 0 Å². The van der Waals surface area contributed by atoms with E-state index in [0.29, 0.717) is 34.9 Å². The van der Waals surface area contributed by atoms with Gasteiger partial charge >= 0.3 is 0 Å². The summed E-state index contributed by atoms with van der Waals surface area (Å²) in [6.07, 6.45) is 5.39. The molecule has 10 heteroatoms. The summed E-state index contributed by atoms with van der Waals surface area (Å²) in [5.41, 5.74) is 3.82. The highest BCUT2D eigenvalue weighted by Crippen LogP contribution is 2.33. The first kappa shape index (κ1) is 25.8. The van der Waals surface area contributed by atoms with Crippen molar-refractivity contribution < 1.29 is 23.5 Å². The number of carbonyl (C=O) groups excluding carboxylic acids is 1. The molecule has 1 amide bonds. The van der Waals surface area contributed by atoms with Crippen molar-refractivity contribution in [1.82, 2.24) is 10.5 Å². The molecule has 1 atom stereocenters. The first-order chi connectivity index (χ1) is 17.3. The minimum Gasteiger partial charge on any atom is -0.490 e. The monoisotopic (exact) mass is 531 g/mol. The summed E-state index contributed by atoms with van der Waals surface area (Å²) in [5.74, 6) is 0.0649. The van der Waals surface area contributed by atoms with Gasteiger partial charge in [0.15, 0.2) is 11.5 Å². The summed E-state index contributed by atoms with van der Waals surface area (Å²) in [7, 11) is 0. The lowest BCUT2D eigenvalue weighted by Crippen LogP contribution is -2.33. The Bertz CT molecular complexity index is 1280. The molecule has 1 aromatic heterocycles. The van der Waals surface area contributed by atoms with Gasteiger partial charge < -0.3 is 14.8 Å². The number of hydrogen-bond acceptors (Lipinski definition) is 6. The molecule has 7 nitrogen and oxygen atoms in total. The van der Waals surface area contributed by atoms with E-state index in [9.17, 15) is 9.18 Å². The molecule has 0 spiro atoms. The van der Waals surface area contributed by atoms with Gasteiger partial charge in [-0.1, -0.05) is 42.3 Å². The number of pyridine rings is 1. The van der Waals surface area contributed by atoms with Crippen molar-refractivity contribution in [3.63, 3.8) is 0 Å². The third-order valence-electron chi connectivity index (χ3n) is 5.25. The van der Waals surface area contributed by atoms with Gasteiger partial charge in [0.05, 0.1) is 28.0 Å². The van der Waals surface area contributed by atoms with Crippen LogP contribution in [0.2, 0.25) is 10.0 Å². The highest BCUT2D eigenvalue weighted by Gasteiger charge is 2.32. The average molecular weight is 532 g/mol. The van der Waals surface area contributed by atoms with Crippen molar-refractivity contribution in [2.45, 2.75) is 25.9 Å². The first-order valence-electron chi connectivity index (χ1n) is 11.2. The van der Waals surface area contributed by atoms with Gasteiger partial charge in [0.2, 0.25) is 0 Å². The van der Waals surface area contributed by atoms with Gasteiger partial charge in [-0.2, -0.15) is 0 Å². The highest BCUT2D eigenvalue weighted by molar-refractivity contribution is 6.39. The van der Waals surface area contributed by atoms with E-state index in [1.165, 1.54) is 24.5 Å². The molecular weight excluding hydrogens is 508 g/mol. The maximum Gasteiger partial charge on any atom is 0.255 e. The lowest BCUT2D eigenvalue weighted by molar-refractivity contribution is -0.0476. The summed E-state index contributed by atoms with van der Waals surface area (Å²) in [5, 5.41) is 3.14. The van der Waals surface area contributed by atoms with Crippen LogP contribution in [0.15, 0.2) is 60.9 Å². The van der Waals surface area contributed by atoms with Gasteiger partial charge in [0.25, 0.3) is 5.91 Å². The van der Waals surface area contributed by atoms with E-state index in [2.05, 4.69) is 15.8 Å². The molecule has 0 radical (unpaired) electrons. The number of amides is 1. The molecule has 0 saturated heterocycles. The third kappa shape index (κ3) is 6.07. The Labute approximate surface area is 218 Å². The number of anilines is 1. The Balaban J connectivity index is 1.53. The fraction of sp³-hybridized carbons (Fsp3) is 0.231. The zero-order valence-corrected chi connectivity index (χ0v) is 21.1. The van der Waals surface area contributed by atoms with Crippen LogP contribution in [-0.4, -0.2) is 29.7 Å². The molecule has 0 aliphatic carbocycles. The predicted molar refractivity (Wildman–Crippen MR) is 137 cm³/mol.